The average molecular weight is 448 g/mol. The van der Waals surface area contributed by atoms with Gasteiger partial charge < -0.3 is 19.8 Å². The summed E-state index contributed by atoms with van der Waals surface area (Å²) in [6.45, 7) is 6.24. The highest BCUT2D eigenvalue weighted by atomic mass is 19.1. The molecule has 7 heteroatoms. The molecule has 1 amide bonds. The Labute approximate surface area is 191 Å². The summed E-state index contributed by atoms with van der Waals surface area (Å²) in [6, 6.07) is 14.3. The third-order valence-electron chi connectivity index (χ3n) is 5.77. The molecule has 1 heterocycles. The minimum absolute atomic E-state index is 0.286. The molecule has 33 heavy (non-hydrogen) atoms. The van der Waals surface area contributed by atoms with Crippen LogP contribution >= 0.6 is 0 Å². The van der Waals surface area contributed by atoms with Gasteiger partial charge in [0.05, 0.1) is 30.3 Å². The number of ether oxygens (including phenoxy) is 2. The number of hydrogen-bond acceptors (Lipinski definition) is 4. The number of hydrogen-bond donors (Lipinski definition) is 1. The Morgan fingerprint density at radius 3 is 2.45 bits per heavy atom. The SMILES string of the molecule is COc1cc(C)c(-c2nc3ccc(F)cc3n2Cc2c(C)cccc2C)c(OCC(N)=O)c1. The number of imidazole rings is 1. The van der Waals surface area contributed by atoms with Gasteiger partial charge in [-0.1, -0.05) is 18.2 Å². The van der Waals surface area contributed by atoms with Gasteiger partial charge in [-0.25, -0.2) is 9.37 Å². The van der Waals surface area contributed by atoms with Crippen LogP contribution in [0.25, 0.3) is 22.4 Å². The molecule has 4 rings (SSSR count). The first-order valence-electron chi connectivity index (χ1n) is 10.6. The minimum atomic E-state index is -0.590. The number of halogens is 1. The van der Waals surface area contributed by atoms with E-state index >= 15 is 0 Å². The highest BCUT2D eigenvalue weighted by Crippen LogP contribution is 2.38. The molecule has 0 spiro atoms. The zero-order valence-corrected chi connectivity index (χ0v) is 19.1. The molecule has 2 N–H and O–H groups in total. The van der Waals surface area contributed by atoms with Crippen molar-refractivity contribution in [1.82, 2.24) is 9.55 Å². The van der Waals surface area contributed by atoms with Gasteiger partial charge in [-0.2, -0.15) is 0 Å². The number of aryl methyl sites for hydroxylation is 3. The maximum atomic E-state index is 14.3. The minimum Gasteiger partial charge on any atom is -0.497 e. The summed E-state index contributed by atoms with van der Waals surface area (Å²) in [4.78, 5) is 16.3. The van der Waals surface area contributed by atoms with Gasteiger partial charge in [0.1, 0.15) is 23.1 Å². The zero-order valence-electron chi connectivity index (χ0n) is 19.1. The highest BCUT2D eigenvalue weighted by molar-refractivity contribution is 5.84. The van der Waals surface area contributed by atoms with Gasteiger partial charge in [0.25, 0.3) is 5.91 Å². The van der Waals surface area contributed by atoms with Crippen LogP contribution in [0.2, 0.25) is 0 Å². The Morgan fingerprint density at radius 2 is 1.79 bits per heavy atom. The van der Waals surface area contributed by atoms with Crippen molar-refractivity contribution < 1.29 is 18.7 Å². The molecule has 4 aromatic rings. The molecular formula is C26H26FN3O3. The lowest BCUT2D eigenvalue weighted by Gasteiger charge is -2.18. The normalized spacial score (nSPS) is 11.1. The topological polar surface area (TPSA) is 79.4 Å². The Bertz CT molecular complexity index is 1340. The van der Waals surface area contributed by atoms with Gasteiger partial charge in [-0.15, -0.1) is 0 Å². The fraction of sp³-hybridized carbons (Fsp3) is 0.231. The predicted octanol–water partition coefficient (Wildman–Crippen LogP) is 4.69. The average Bonchev–Trinajstić information content (AvgIpc) is 3.11. The molecule has 3 aromatic carbocycles. The lowest BCUT2D eigenvalue weighted by Crippen LogP contribution is -2.20. The summed E-state index contributed by atoms with van der Waals surface area (Å²) in [6.07, 6.45) is 0. The monoisotopic (exact) mass is 447 g/mol. The summed E-state index contributed by atoms with van der Waals surface area (Å²) >= 11 is 0. The van der Waals surface area contributed by atoms with Gasteiger partial charge >= 0.3 is 0 Å². The standard InChI is InChI=1S/C26H26FN3O3/c1-15-6-5-7-16(2)20(15)13-30-22-11-18(27)8-9-21(22)29-26(30)25-17(3)10-19(32-4)12-23(25)33-14-24(28)31/h5-12H,13-14H2,1-4H3,(H2,28,31). The number of aromatic nitrogens is 2. The number of rotatable bonds is 7. The smallest absolute Gasteiger partial charge is 0.255 e. The molecular weight excluding hydrogens is 421 g/mol. The molecule has 0 fully saturated rings. The third-order valence-corrected chi connectivity index (χ3v) is 5.77. The molecule has 0 atom stereocenters. The van der Waals surface area contributed by atoms with Crippen LogP contribution in [0.15, 0.2) is 48.5 Å². The number of primary amides is 1. The molecule has 0 saturated heterocycles. The van der Waals surface area contributed by atoms with E-state index in [1.807, 2.05) is 23.6 Å². The van der Waals surface area contributed by atoms with Crippen LogP contribution in [0.3, 0.4) is 0 Å². The van der Waals surface area contributed by atoms with Crippen LogP contribution < -0.4 is 15.2 Å². The molecule has 170 valence electrons. The number of carbonyl (C=O) groups excluding carboxylic acids is 1. The zero-order chi connectivity index (χ0) is 23.7. The van der Waals surface area contributed by atoms with E-state index < -0.39 is 5.91 Å². The van der Waals surface area contributed by atoms with Gasteiger partial charge in [-0.3, -0.25) is 4.79 Å². The van der Waals surface area contributed by atoms with E-state index in [9.17, 15) is 9.18 Å². The number of benzene rings is 3. The first-order chi connectivity index (χ1) is 15.8. The molecule has 0 aliphatic heterocycles. The van der Waals surface area contributed by atoms with Gasteiger partial charge in [0.2, 0.25) is 0 Å². The molecule has 0 radical (unpaired) electrons. The maximum absolute atomic E-state index is 14.3. The fourth-order valence-corrected chi connectivity index (χ4v) is 4.09. The van der Waals surface area contributed by atoms with Crippen molar-refractivity contribution >= 4 is 16.9 Å². The van der Waals surface area contributed by atoms with Crippen molar-refractivity contribution in [2.75, 3.05) is 13.7 Å². The van der Waals surface area contributed by atoms with E-state index in [1.165, 1.54) is 12.1 Å². The summed E-state index contributed by atoms with van der Waals surface area (Å²) < 4.78 is 27.4. The predicted molar refractivity (Wildman–Crippen MR) is 126 cm³/mol. The van der Waals surface area contributed by atoms with Crippen LogP contribution in [0, 0.1) is 26.6 Å². The third kappa shape index (κ3) is 4.39. The van der Waals surface area contributed by atoms with E-state index in [2.05, 4.69) is 26.0 Å². The van der Waals surface area contributed by atoms with Crippen molar-refractivity contribution in [1.29, 1.82) is 0 Å². The lowest BCUT2D eigenvalue weighted by molar-refractivity contribution is -0.119. The van der Waals surface area contributed by atoms with E-state index in [4.69, 9.17) is 20.2 Å². The van der Waals surface area contributed by atoms with Crippen LogP contribution in [-0.4, -0.2) is 29.2 Å². The van der Waals surface area contributed by atoms with Crippen LogP contribution in [0.5, 0.6) is 11.5 Å². The van der Waals surface area contributed by atoms with E-state index in [-0.39, 0.29) is 12.4 Å². The first kappa shape index (κ1) is 22.3. The molecule has 6 nitrogen and oxygen atoms in total. The molecule has 0 aliphatic rings. The Hall–Kier alpha value is -3.87. The quantitative estimate of drug-likeness (QED) is 0.446. The van der Waals surface area contributed by atoms with Gasteiger partial charge in [0.15, 0.2) is 6.61 Å². The largest absolute Gasteiger partial charge is 0.497 e. The fourth-order valence-electron chi connectivity index (χ4n) is 4.09. The number of methoxy groups -OCH3 is 1. The maximum Gasteiger partial charge on any atom is 0.255 e. The number of fused-ring (bicyclic) bond motifs is 1. The van der Waals surface area contributed by atoms with Gasteiger partial charge in [-0.05, 0) is 67.3 Å². The second-order valence-corrected chi connectivity index (χ2v) is 8.10. The first-order valence-corrected chi connectivity index (χ1v) is 10.6. The Balaban J connectivity index is 1.98. The van der Waals surface area contributed by atoms with Crippen LogP contribution in [0.4, 0.5) is 4.39 Å². The summed E-state index contributed by atoms with van der Waals surface area (Å²) in [5.74, 6) is 0.683. The second-order valence-electron chi connectivity index (χ2n) is 8.10. The lowest BCUT2D eigenvalue weighted by atomic mass is 10.0. The number of carbonyl (C=O) groups is 1. The molecule has 0 unspecified atom stereocenters. The molecule has 0 aliphatic carbocycles. The number of amides is 1. The summed E-state index contributed by atoms with van der Waals surface area (Å²) in [5, 5.41) is 0. The summed E-state index contributed by atoms with van der Waals surface area (Å²) in [7, 11) is 1.56. The number of nitrogens with zero attached hydrogens (tertiary/aromatic N) is 2. The van der Waals surface area contributed by atoms with Crippen LogP contribution in [-0.2, 0) is 11.3 Å². The van der Waals surface area contributed by atoms with Crippen molar-refractivity contribution in [2.24, 2.45) is 5.73 Å². The van der Waals surface area contributed by atoms with E-state index in [1.54, 1.807) is 19.2 Å². The molecule has 1 aromatic heterocycles. The molecule has 0 bridgehead atoms. The second kappa shape index (κ2) is 8.94. The van der Waals surface area contributed by atoms with Crippen LogP contribution in [0.1, 0.15) is 22.3 Å². The molecule has 0 saturated carbocycles. The van der Waals surface area contributed by atoms with E-state index in [0.29, 0.717) is 40.5 Å². The van der Waals surface area contributed by atoms with Crippen molar-refractivity contribution in [3.05, 3.63) is 76.6 Å². The number of nitrogens with two attached hydrogens (primary N) is 1. The summed E-state index contributed by atoms with van der Waals surface area (Å²) in [5.41, 5.74) is 11.6. The van der Waals surface area contributed by atoms with E-state index in [0.717, 1.165) is 22.3 Å². The highest BCUT2D eigenvalue weighted by Gasteiger charge is 2.22. The van der Waals surface area contributed by atoms with Crippen molar-refractivity contribution in [3.63, 3.8) is 0 Å². The van der Waals surface area contributed by atoms with Crippen molar-refractivity contribution in [3.8, 4) is 22.9 Å². The Kier molecular flexibility index (Phi) is 6.05. The Morgan fingerprint density at radius 1 is 1.06 bits per heavy atom. The van der Waals surface area contributed by atoms with Crippen molar-refractivity contribution in [2.45, 2.75) is 27.3 Å². The van der Waals surface area contributed by atoms with Gasteiger partial charge in [0, 0.05) is 6.07 Å².